The third-order valence-corrected chi connectivity index (χ3v) is 4.57. The maximum absolute atomic E-state index is 7.42. The Morgan fingerprint density at radius 2 is 2.07 bits per heavy atom. The van der Waals surface area contributed by atoms with E-state index < -0.39 is 0 Å². The van der Waals surface area contributed by atoms with Gasteiger partial charge in [-0.1, -0.05) is 48.1 Å². The molecule has 0 fully saturated rings. The molecule has 4 N–H and O–H groups in total. The molecule has 5 heteroatoms. The van der Waals surface area contributed by atoms with Gasteiger partial charge in [0, 0.05) is 28.6 Å². The van der Waals surface area contributed by atoms with E-state index in [1.807, 2.05) is 30.4 Å². The molecule has 0 saturated carbocycles. The first-order chi connectivity index (χ1) is 13.0. The normalized spacial score (nSPS) is 25.0. The molecule has 3 rings (SSSR count). The molecule has 1 unspecified atom stereocenters. The summed E-state index contributed by atoms with van der Waals surface area (Å²) in [5.74, 6) is 0.783. The fourth-order valence-corrected chi connectivity index (χ4v) is 2.79. The Morgan fingerprint density at radius 3 is 2.89 bits per heavy atom. The predicted molar refractivity (Wildman–Crippen MR) is 112 cm³/mol. The highest BCUT2D eigenvalue weighted by Crippen LogP contribution is 2.33. The van der Waals surface area contributed by atoms with E-state index in [-0.39, 0.29) is 5.41 Å². The van der Waals surface area contributed by atoms with E-state index in [2.05, 4.69) is 42.4 Å². The number of nitrogen functional groups attached to an aromatic ring is 1. The molecule has 0 amide bonds. The molecule has 0 bridgehead atoms. The van der Waals surface area contributed by atoms with E-state index in [4.69, 9.17) is 15.6 Å². The van der Waals surface area contributed by atoms with Gasteiger partial charge in [0.25, 0.3) is 6.01 Å². The van der Waals surface area contributed by atoms with Gasteiger partial charge >= 0.3 is 0 Å². The molecule has 0 spiro atoms. The molecular weight excluding hydrogens is 336 g/mol. The molecule has 27 heavy (non-hydrogen) atoms. The van der Waals surface area contributed by atoms with Crippen LogP contribution >= 0.6 is 0 Å². The molecule has 1 aromatic heterocycles. The van der Waals surface area contributed by atoms with E-state index in [9.17, 15) is 0 Å². The van der Waals surface area contributed by atoms with E-state index in [0.29, 0.717) is 17.3 Å². The van der Waals surface area contributed by atoms with Gasteiger partial charge in [0.2, 0.25) is 0 Å². The van der Waals surface area contributed by atoms with Crippen molar-refractivity contribution in [2.75, 3.05) is 11.1 Å². The van der Waals surface area contributed by atoms with Crippen molar-refractivity contribution in [2.45, 2.75) is 25.7 Å². The molecule has 0 radical (unpaired) electrons. The third kappa shape index (κ3) is 4.44. The number of benzene rings is 1. The molecule has 0 saturated heterocycles. The van der Waals surface area contributed by atoms with Gasteiger partial charge in [-0.3, -0.25) is 0 Å². The minimum Gasteiger partial charge on any atom is -0.428 e. The zero-order chi connectivity index (χ0) is 19.3. The zero-order valence-corrected chi connectivity index (χ0v) is 15.6. The van der Waals surface area contributed by atoms with E-state index in [1.165, 1.54) is 11.8 Å². The summed E-state index contributed by atoms with van der Waals surface area (Å²) in [6, 6.07) is 5.79. The smallest absolute Gasteiger partial charge is 0.299 e. The molecule has 1 atom stereocenters. The van der Waals surface area contributed by atoms with Crippen LogP contribution in [-0.2, 0) is 5.41 Å². The minimum absolute atomic E-state index is 0.301. The summed E-state index contributed by atoms with van der Waals surface area (Å²) in [5.41, 5.74) is 8.72. The van der Waals surface area contributed by atoms with Crippen LogP contribution < -0.4 is 11.1 Å². The lowest BCUT2D eigenvalue weighted by atomic mass is 9.83. The van der Waals surface area contributed by atoms with Crippen molar-refractivity contribution in [2.24, 2.45) is 0 Å². The highest BCUT2D eigenvalue weighted by Gasteiger charge is 2.27. The van der Waals surface area contributed by atoms with Crippen LogP contribution in [0.25, 0.3) is 0 Å². The summed E-state index contributed by atoms with van der Waals surface area (Å²) >= 11 is 0. The van der Waals surface area contributed by atoms with Crippen LogP contribution in [0.15, 0.2) is 76.9 Å². The fraction of sp³-hybridized carbons (Fsp3) is 0.182. The molecule has 1 aliphatic carbocycles. The quantitative estimate of drug-likeness (QED) is 0.511. The van der Waals surface area contributed by atoms with Gasteiger partial charge in [0.05, 0.1) is 6.20 Å². The average Bonchev–Trinajstić information content (AvgIpc) is 3.13. The molecular formula is C22H24N4O. The second-order valence-electron chi connectivity index (χ2n) is 6.82. The molecule has 2 aromatic rings. The van der Waals surface area contributed by atoms with Gasteiger partial charge in [-0.2, -0.15) is 0 Å². The van der Waals surface area contributed by atoms with Crippen LogP contribution in [0.5, 0.6) is 0 Å². The first-order valence-electron chi connectivity index (χ1n) is 8.83. The standard InChI is InChI=1S/C22H24N4O/c1-16-7-5-3-4-6-11-22(2,12-10-16)20-15-25-21(27-20)26-18-8-9-19(24)17(13-18)14-23/h3-11,13-15,23H,12,24H2,1-2H3,(H,25,26)/b4-3+,7-5-,11-6+,16-10+,23-14?. The Hall–Kier alpha value is -3.34. The summed E-state index contributed by atoms with van der Waals surface area (Å²) in [6.45, 7) is 4.22. The van der Waals surface area contributed by atoms with Crippen molar-refractivity contribution in [3.8, 4) is 0 Å². The van der Waals surface area contributed by atoms with Crippen molar-refractivity contribution in [1.29, 1.82) is 5.41 Å². The number of allylic oxidation sites excluding steroid dienone is 8. The number of rotatable bonds is 4. The highest BCUT2D eigenvalue weighted by molar-refractivity contribution is 5.86. The Morgan fingerprint density at radius 1 is 1.26 bits per heavy atom. The number of hydrogen-bond acceptors (Lipinski definition) is 5. The number of aromatic nitrogens is 1. The van der Waals surface area contributed by atoms with E-state index in [0.717, 1.165) is 17.9 Å². The lowest BCUT2D eigenvalue weighted by Gasteiger charge is -2.21. The van der Waals surface area contributed by atoms with E-state index in [1.54, 1.807) is 18.3 Å². The van der Waals surface area contributed by atoms with Crippen molar-refractivity contribution >= 4 is 23.6 Å². The summed E-state index contributed by atoms with van der Waals surface area (Å²) in [5, 5.41) is 10.6. The van der Waals surface area contributed by atoms with Crippen LogP contribution in [0.2, 0.25) is 0 Å². The average molecular weight is 360 g/mol. The molecule has 0 aliphatic heterocycles. The second kappa shape index (κ2) is 7.91. The van der Waals surface area contributed by atoms with Gasteiger partial charge in [-0.15, -0.1) is 0 Å². The predicted octanol–water partition coefficient (Wildman–Crippen LogP) is 5.27. The van der Waals surface area contributed by atoms with Crippen molar-refractivity contribution in [3.05, 3.63) is 83.8 Å². The van der Waals surface area contributed by atoms with Gasteiger partial charge in [0.1, 0.15) is 5.76 Å². The second-order valence-corrected chi connectivity index (χ2v) is 6.82. The lowest BCUT2D eigenvalue weighted by Crippen LogP contribution is -2.17. The molecule has 1 aromatic carbocycles. The number of oxazole rings is 1. The van der Waals surface area contributed by atoms with Crippen LogP contribution in [0.1, 0.15) is 31.6 Å². The number of nitrogens with one attached hydrogen (secondary N) is 2. The van der Waals surface area contributed by atoms with Crippen LogP contribution in [0.4, 0.5) is 17.4 Å². The minimum atomic E-state index is -0.301. The monoisotopic (exact) mass is 360 g/mol. The molecule has 1 aliphatic rings. The van der Waals surface area contributed by atoms with Crippen LogP contribution in [0, 0.1) is 5.41 Å². The largest absolute Gasteiger partial charge is 0.428 e. The van der Waals surface area contributed by atoms with Gasteiger partial charge in [0.15, 0.2) is 0 Å². The summed E-state index contributed by atoms with van der Waals surface area (Å²) in [6.07, 6.45) is 18.3. The Kier molecular flexibility index (Phi) is 5.41. The number of anilines is 3. The first kappa shape index (κ1) is 18.5. The fourth-order valence-electron chi connectivity index (χ4n) is 2.79. The Labute approximate surface area is 159 Å². The van der Waals surface area contributed by atoms with Gasteiger partial charge in [-0.25, -0.2) is 4.98 Å². The summed E-state index contributed by atoms with van der Waals surface area (Å²) in [4.78, 5) is 4.37. The lowest BCUT2D eigenvalue weighted by molar-refractivity contribution is 0.427. The van der Waals surface area contributed by atoms with Gasteiger partial charge in [-0.05, 0) is 38.5 Å². The van der Waals surface area contributed by atoms with Crippen molar-refractivity contribution in [1.82, 2.24) is 4.98 Å². The van der Waals surface area contributed by atoms with Crippen molar-refractivity contribution in [3.63, 3.8) is 0 Å². The van der Waals surface area contributed by atoms with Gasteiger partial charge < -0.3 is 20.9 Å². The first-order valence-corrected chi connectivity index (χ1v) is 8.83. The topological polar surface area (TPSA) is 87.9 Å². The maximum Gasteiger partial charge on any atom is 0.299 e. The zero-order valence-electron chi connectivity index (χ0n) is 15.6. The number of hydrogen-bond donors (Lipinski definition) is 3. The van der Waals surface area contributed by atoms with E-state index >= 15 is 0 Å². The molecule has 1 heterocycles. The third-order valence-electron chi connectivity index (χ3n) is 4.57. The Balaban J connectivity index is 1.85. The maximum atomic E-state index is 7.42. The molecule has 5 nitrogen and oxygen atoms in total. The summed E-state index contributed by atoms with van der Waals surface area (Å²) in [7, 11) is 0. The van der Waals surface area contributed by atoms with Crippen molar-refractivity contribution < 1.29 is 4.42 Å². The number of nitrogens with zero attached hydrogens (tertiary/aromatic N) is 1. The van der Waals surface area contributed by atoms with Crippen LogP contribution in [0.3, 0.4) is 0 Å². The highest BCUT2D eigenvalue weighted by atomic mass is 16.4. The SMILES string of the molecule is CC1=C\CC(C)(c2cnc(Nc3ccc(N)c(C=N)c3)o2)/C=C/C=C/C=C\1. The van der Waals surface area contributed by atoms with Crippen LogP contribution in [-0.4, -0.2) is 11.2 Å². The summed E-state index contributed by atoms with van der Waals surface area (Å²) < 4.78 is 6.00. The molecule has 138 valence electrons. The number of nitrogens with two attached hydrogens (primary N) is 1. The Bertz CT molecular complexity index is 949.